The molecule has 0 aliphatic rings. The van der Waals surface area contributed by atoms with Gasteiger partial charge in [0.05, 0.1) is 0 Å². The van der Waals surface area contributed by atoms with E-state index in [0.29, 0.717) is 6.61 Å². The van der Waals surface area contributed by atoms with Crippen LogP contribution in [-0.4, -0.2) is 6.54 Å². The fourth-order valence-corrected chi connectivity index (χ4v) is 2.35. The van der Waals surface area contributed by atoms with Gasteiger partial charge in [-0.2, -0.15) is 0 Å². The molecular weight excluding hydrogens is 321 g/mol. The van der Waals surface area contributed by atoms with E-state index >= 15 is 0 Å². The lowest BCUT2D eigenvalue weighted by Gasteiger charge is -2.10. The Hall–Kier alpha value is -1.39. The molecular formula is C16H17BrFNO. The minimum Gasteiger partial charge on any atom is -0.486 e. The maximum absolute atomic E-state index is 13.5. The van der Waals surface area contributed by atoms with Gasteiger partial charge in [0.25, 0.3) is 0 Å². The van der Waals surface area contributed by atoms with Crippen molar-refractivity contribution in [3.05, 3.63) is 63.9 Å². The van der Waals surface area contributed by atoms with Gasteiger partial charge in [-0.05, 0) is 30.3 Å². The SMILES string of the molecule is CCNCc1ccc(COc2ccccc2F)c(Br)c1. The number of benzene rings is 2. The Morgan fingerprint density at radius 3 is 2.70 bits per heavy atom. The summed E-state index contributed by atoms with van der Waals surface area (Å²) < 4.78 is 19.9. The number of nitrogens with one attached hydrogen (secondary N) is 1. The van der Waals surface area contributed by atoms with Crippen molar-refractivity contribution >= 4 is 15.9 Å². The van der Waals surface area contributed by atoms with Gasteiger partial charge in [-0.1, -0.05) is 47.1 Å². The van der Waals surface area contributed by atoms with Crippen molar-refractivity contribution < 1.29 is 9.13 Å². The smallest absolute Gasteiger partial charge is 0.165 e. The molecule has 0 aliphatic carbocycles. The molecule has 106 valence electrons. The molecule has 0 atom stereocenters. The van der Waals surface area contributed by atoms with Gasteiger partial charge < -0.3 is 10.1 Å². The Morgan fingerprint density at radius 1 is 1.20 bits per heavy atom. The molecule has 0 heterocycles. The second-order valence-corrected chi connectivity index (χ2v) is 5.28. The quantitative estimate of drug-likeness (QED) is 0.849. The lowest BCUT2D eigenvalue weighted by atomic mass is 10.1. The summed E-state index contributed by atoms with van der Waals surface area (Å²) in [4.78, 5) is 0. The van der Waals surface area contributed by atoms with Gasteiger partial charge in [0, 0.05) is 16.6 Å². The van der Waals surface area contributed by atoms with Gasteiger partial charge in [-0.15, -0.1) is 0 Å². The van der Waals surface area contributed by atoms with Crippen molar-refractivity contribution in [1.82, 2.24) is 5.32 Å². The Bertz CT molecular complexity index is 574. The van der Waals surface area contributed by atoms with Gasteiger partial charge in [-0.3, -0.25) is 0 Å². The Balaban J connectivity index is 2.01. The van der Waals surface area contributed by atoms with Gasteiger partial charge >= 0.3 is 0 Å². The molecule has 2 aromatic rings. The molecule has 0 radical (unpaired) electrons. The third-order valence-corrected chi connectivity index (χ3v) is 3.65. The second kappa shape index (κ2) is 7.41. The monoisotopic (exact) mass is 337 g/mol. The Kier molecular flexibility index (Phi) is 5.56. The lowest BCUT2D eigenvalue weighted by Crippen LogP contribution is -2.11. The largest absolute Gasteiger partial charge is 0.486 e. The van der Waals surface area contributed by atoms with E-state index in [4.69, 9.17) is 4.74 Å². The first-order chi connectivity index (χ1) is 9.70. The third-order valence-electron chi connectivity index (χ3n) is 2.92. The maximum atomic E-state index is 13.5. The van der Waals surface area contributed by atoms with Crippen LogP contribution in [0.5, 0.6) is 5.75 Å². The van der Waals surface area contributed by atoms with Gasteiger partial charge in [0.15, 0.2) is 11.6 Å². The van der Waals surface area contributed by atoms with Crippen LogP contribution in [0.15, 0.2) is 46.9 Å². The molecule has 0 saturated carbocycles. The third kappa shape index (κ3) is 4.05. The van der Waals surface area contributed by atoms with E-state index in [9.17, 15) is 4.39 Å². The number of hydrogen-bond donors (Lipinski definition) is 1. The highest BCUT2D eigenvalue weighted by Crippen LogP contribution is 2.22. The van der Waals surface area contributed by atoms with Crippen LogP contribution in [0.2, 0.25) is 0 Å². The van der Waals surface area contributed by atoms with Crippen molar-refractivity contribution in [2.75, 3.05) is 6.54 Å². The van der Waals surface area contributed by atoms with Crippen LogP contribution in [0.25, 0.3) is 0 Å². The topological polar surface area (TPSA) is 21.3 Å². The summed E-state index contributed by atoms with van der Waals surface area (Å²) in [5, 5.41) is 3.27. The molecule has 0 aliphatic heterocycles. The van der Waals surface area contributed by atoms with Crippen molar-refractivity contribution in [3.63, 3.8) is 0 Å². The van der Waals surface area contributed by atoms with Crippen molar-refractivity contribution in [2.45, 2.75) is 20.1 Å². The van der Waals surface area contributed by atoms with E-state index in [1.54, 1.807) is 18.2 Å². The number of para-hydroxylation sites is 1. The van der Waals surface area contributed by atoms with Crippen LogP contribution in [0.4, 0.5) is 4.39 Å². The van der Waals surface area contributed by atoms with Crippen molar-refractivity contribution in [3.8, 4) is 5.75 Å². The van der Waals surface area contributed by atoms with Crippen LogP contribution in [0.1, 0.15) is 18.1 Å². The minimum atomic E-state index is -0.340. The molecule has 0 spiro atoms. The average molecular weight is 338 g/mol. The maximum Gasteiger partial charge on any atom is 0.165 e. The van der Waals surface area contributed by atoms with Crippen LogP contribution in [-0.2, 0) is 13.2 Å². The normalized spacial score (nSPS) is 10.6. The first kappa shape index (κ1) is 15.0. The molecule has 0 unspecified atom stereocenters. The highest BCUT2D eigenvalue weighted by Gasteiger charge is 2.05. The summed E-state index contributed by atoms with van der Waals surface area (Å²) in [6.07, 6.45) is 0. The van der Waals surface area contributed by atoms with Crippen LogP contribution < -0.4 is 10.1 Å². The minimum absolute atomic E-state index is 0.274. The summed E-state index contributed by atoms with van der Waals surface area (Å²) in [5.41, 5.74) is 2.20. The molecule has 0 saturated heterocycles. The predicted molar refractivity (Wildman–Crippen MR) is 82.3 cm³/mol. The molecule has 1 N–H and O–H groups in total. The van der Waals surface area contributed by atoms with Crippen LogP contribution in [0, 0.1) is 5.82 Å². The van der Waals surface area contributed by atoms with Gasteiger partial charge in [-0.25, -0.2) is 4.39 Å². The first-order valence-electron chi connectivity index (χ1n) is 6.56. The Labute approximate surface area is 127 Å². The van der Waals surface area contributed by atoms with E-state index in [2.05, 4.69) is 34.2 Å². The zero-order valence-corrected chi connectivity index (χ0v) is 12.9. The molecule has 2 aromatic carbocycles. The number of halogens is 2. The lowest BCUT2D eigenvalue weighted by molar-refractivity contribution is 0.289. The van der Waals surface area contributed by atoms with Crippen LogP contribution >= 0.6 is 15.9 Å². The van der Waals surface area contributed by atoms with E-state index in [-0.39, 0.29) is 11.6 Å². The summed E-state index contributed by atoms with van der Waals surface area (Å²) in [7, 11) is 0. The Morgan fingerprint density at radius 2 is 2.00 bits per heavy atom. The fourth-order valence-electron chi connectivity index (χ4n) is 1.80. The van der Waals surface area contributed by atoms with E-state index in [0.717, 1.165) is 23.1 Å². The zero-order chi connectivity index (χ0) is 14.4. The molecule has 0 fully saturated rings. The molecule has 2 rings (SSSR count). The summed E-state index contributed by atoms with van der Waals surface area (Å²) in [5.74, 6) is -0.0662. The highest BCUT2D eigenvalue weighted by atomic mass is 79.9. The summed E-state index contributed by atoms with van der Waals surface area (Å²) >= 11 is 3.53. The zero-order valence-electron chi connectivity index (χ0n) is 11.3. The highest BCUT2D eigenvalue weighted by molar-refractivity contribution is 9.10. The standard InChI is InChI=1S/C16H17BrFNO/c1-2-19-10-12-7-8-13(14(17)9-12)11-20-16-6-4-3-5-15(16)18/h3-9,19H,2,10-11H2,1H3. The van der Waals surface area contributed by atoms with Gasteiger partial charge in [0.2, 0.25) is 0 Å². The molecule has 0 aromatic heterocycles. The predicted octanol–water partition coefficient (Wildman–Crippen LogP) is 4.28. The second-order valence-electron chi connectivity index (χ2n) is 4.43. The summed E-state index contributed by atoms with van der Waals surface area (Å²) in [6.45, 7) is 4.19. The fraction of sp³-hybridized carbons (Fsp3) is 0.250. The molecule has 0 bridgehead atoms. The van der Waals surface area contributed by atoms with Crippen molar-refractivity contribution in [2.24, 2.45) is 0 Å². The number of hydrogen-bond acceptors (Lipinski definition) is 2. The number of ether oxygens (including phenoxy) is 1. The van der Waals surface area contributed by atoms with Gasteiger partial charge in [0.1, 0.15) is 6.61 Å². The van der Waals surface area contributed by atoms with E-state index < -0.39 is 0 Å². The molecule has 20 heavy (non-hydrogen) atoms. The first-order valence-corrected chi connectivity index (χ1v) is 7.35. The molecule has 0 amide bonds. The van der Waals surface area contributed by atoms with E-state index in [1.807, 2.05) is 12.1 Å². The van der Waals surface area contributed by atoms with E-state index in [1.165, 1.54) is 11.6 Å². The van der Waals surface area contributed by atoms with Crippen molar-refractivity contribution in [1.29, 1.82) is 0 Å². The average Bonchev–Trinajstić information content (AvgIpc) is 2.45. The summed E-state index contributed by atoms with van der Waals surface area (Å²) in [6, 6.07) is 12.5. The molecule has 2 nitrogen and oxygen atoms in total. The molecule has 4 heteroatoms. The number of rotatable bonds is 6. The van der Waals surface area contributed by atoms with Crippen LogP contribution in [0.3, 0.4) is 0 Å².